The number of H-pyrrole nitrogens is 1. The maximum Gasteiger partial charge on any atom is 0.257 e. The van der Waals surface area contributed by atoms with Crippen molar-refractivity contribution in [3.05, 3.63) is 45.9 Å². The van der Waals surface area contributed by atoms with Crippen LogP contribution in [0.25, 0.3) is 10.8 Å². The maximum absolute atomic E-state index is 12.4. The highest BCUT2D eigenvalue weighted by atomic mass is 16.5. The summed E-state index contributed by atoms with van der Waals surface area (Å²) in [5.41, 5.74) is 11.7. The van der Waals surface area contributed by atoms with Crippen LogP contribution in [0.2, 0.25) is 0 Å². The van der Waals surface area contributed by atoms with Crippen molar-refractivity contribution in [1.82, 2.24) is 9.88 Å². The molecule has 0 aliphatic rings. The minimum atomic E-state index is -0.382. The third-order valence-corrected chi connectivity index (χ3v) is 3.41. The zero-order chi connectivity index (χ0) is 18.7. The summed E-state index contributed by atoms with van der Waals surface area (Å²) in [6, 6.07) is 4.78. The molecule has 0 spiro atoms. The molecule has 132 valence electrons. The van der Waals surface area contributed by atoms with Crippen molar-refractivity contribution in [2.45, 2.75) is 6.92 Å². The summed E-state index contributed by atoms with van der Waals surface area (Å²) < 4.78 is 5.29. The van der Waals surface area contributed by atoms with E-state index in [1.165, 1.54) is 24.2 Å². The Morgan fingerprint density at radius 1 is 1.28 bits per heavy atom. The van der Waals surface area contributed by atoms with Crippen molar-refractivity contribution in [2.24, 2.45) is 16.5 Å². The first kappa shape index (κ1) is 18.1. The van der Waals surface area contributed by atoms with E-state index in [4.69, 9.17) is 16.2 Å². The van der Waals surface area contributed by atoms with E-state index in [2.05, 4.69) is 9.98 Å². The van der Waals surface area contributed by atoms with Gasteiger partial charge in [0.1, 0.15) is 17.4 Å². The minimum Gasteiger partial charge on any atom is -0.496 e. The van der Waals surface area contributed by atoms with E-state index in [0.717, 1.165) is 0 Å². The molecule has 0 saturated carbocycles. The number of hydrogen-bond acceptors (Lipinski definition) is 5. The van der Waals surface area contributed by atoms with Gasteiger partial charge in [0.2, 0.25) is 0 Å². The number of aromatic nitrogens is 1. The monoisotopic (exact) mass is 343 g/mol. The molecular formula is C17H21N5O3. The molecule has 1 aromatic carbocycles. The van der Waals surface area contributed by atoms with Gasteiger partial charge in [-0.05, 0) is 36.6 Å². The van der Waals surface area contributed by atoms with Crippen LogP contribution in [-0.2, 0) is 0 Å². The van der Waals surface area contributed by atoms with Crippen molar-refractivity contribution in [3.8, 4) is 5.75 Å². The van der Waals surface area contributed by atoms with Crippen LogP contribution in [0.15, 0.2) is 39.8 Å². The molecular weight excluding hydrogens is 322 g/mol. The molecule has 2 aromatic rings. The first-order chi connectivity index (χ1) is 11.7. The molecule has 8 heteroatoms. The number of nitrogens with two attached hydrogens (primary N) is 2. The second-order valence-electron chi connectivity index (χ2n) is 5.75. The van der Waals surface area contributed by atoms with Crippen LogP contribution in [0.1, 0.15) is 17.3 Å². The SMILES string of the molecule is COc1cc2cc(N=C(N)C=C(C)N)[nH]c(=O)c2cc1C(=O)N(C)C. The third-order valence-electron chi connectivity index (χ3n) is 3.41. The van der Waals surface area contributed by atoms with E-state index in [1.807, 2.05) is 0 Å². The van der Waals surface area contributed by atoms with Crippen molar-refractivity contribution >= 4 is 28.3 Å². The van der Waals surface area contributed by atoms with Gasteiger partial charge in [-0.2, -0.15) is 0 Å². The number of nitrogens with one attached hydrogen (secondary N) is 1. The van der Waals surface area contributed by atoms with Crippen molar-refractivity contribution < 1.29 is 9.53 Å². The number of pyridine rings is 1. The van der Waals surface area contributed by atoms with Gasteiger partial charge >= 0.3 is 0 Å². The molecule has 8 nitrogen and oxygen atoms in total. The molecule has 1 amide bonds. The van der Waals surface area contributed by atoms with E-state index >= 15 is 0 Å². The number of allylic oxidation sites excluding steroid dienone is 1. The van der Waals surface area contributed by atoms with E-state index in [-0.39, 0.29) is 23.1 Å². The highest BCUT2D eigenvalue weighted by Gasteiger charge is 2.17. The van der Waals surface area contributed by atoms with Crippen LogP contribution in [0.4, 0.5) is 5.82 Å². The first-order valence-electron chi connectivity index (χ1n) is 7.47. The number of fused-ring (bicyclic) bond motifs is 1. The lowest BCUT2D eigenvalue weighted by molar-refractivity contribution is 0.0824. The largest absolute Gasteiger partial charge is 0.496 e. The number of methoxy groups -OCH3 is 1. The van der Waals surface area contributed by atoms with Crippen molar-refractivity contribution in [3.63, 3.8) is 0 Å². The van der Waals surface area contributed by atoms with Crippen LogP contribution < -0.4 is 21.8 Å². The molecule has 1 heterocycles. The highest BCUT2D eigenvalue weighted by Crippen LogP contribution is 2.26. The Bertz CT molecular complexity index is 937. The Balaban J connectivity index is 2.66. The molecule has 0 aliphatic heterocycles. The van der Waals surface area contributed by atoms with Gasteiger partial charge in [0, 0.05) is 25.2 Å². The molecule has 0 bridgehead atoms. The summed E-state index contributed by atoms with van der Waals surface area (Å²) >= 11 is 0. The molecule has 0 unspecified atom stereocenters. The predicted octanol–water partition coefficient (Wildman–Crippen LogP) is 1.09. The molecule has 0 radical (unpaired) electrons. The Labute approximate surface area is 144 Å². The van der Waals surface area contributed by atoms with E-state index in [1.54, 1.807) is 33.2 Å². The molecule has 0 aliphatic carbocycles. The number of benzene rings is 1. The number of carbonyl (C=O) groups is 1. The normalized spacial score (nSPS) is 12.3. The molecule has 5 N–H and O–H groups in total. The average Bonchev–Trinajstić information content (AvgIpc) is 2.52. The first-order valence-corrected chi connectivity index (χ1v) is 7.47. The molecule has 0 saturated heterocycles. The fraction of sp³-hybridized carbons (Fsp3) is 0.235. The van der Waals surface area contributed by atoms with Gasteiger partial charge in [-0.15, -0.1) is 0 Å². The molecule has 1 aromatic heterocycles. The number of ether oxygens (including phenoxy) is 1. The topological polar surface area (TPSA) is 127 Å². The van der Waals surface area contributed by atoms with Gasteiger partial charge in [0.15, 0.2) is 0 Å². The van der Waals surface area contributed by atoms with Gasteiger partial charge in [0.25, 0.3) is 11.5 Å². The maximum atomic E-state index is 12.4. The minimum absolute atomic E-state index is 0.168. The van der Waals surface area contributed by atoms with E-state index in [9.17, 15) is 9.59 Å². The predicted molar refractivity (Wildman–Crippen MR) is 98.4 cm³/mol. The smallest absolute Gasteiger partial charge is 0.257 e. The summed E-state index contributed by atoms with van der Waals surface area (Å²) in [5.74, 6) is 0.563. The van der Waals surface area contributed by atoms with Gasteiger partial charge in [-0.25, -0.2) is 4.99 Å². The lowest BCUT2D eigenvalue weighted by Gasteiger charge is -2.14. The van der Waals surface area contributed by atoms with Crippen LogP contribution in [-0.4, -0.2) is 42.8 Å². The van der Waals surface area contributed by atoms with Crippen molar-refractivity contribution in [1.29, 1.82) is 0 Å². The summed E-state index contributed by atoms with van der Waals surface area (Å²) in [7, 11) is 4.72. The van der Waals surface area contributed by atoms with Crippen LogP contribution in [0.3, 0.4) is 0 Å². The fourth-order valence-electron chi connectivity index (χ4n) is 2.32. The quantitative estimate of drug-likeness (QED) is 0.566. The zero-order valence-corrected chi connectivity index (χ0v) is 14.6. The second-order valence-corrected chi connectivity index (χ2v) is 5.75. The zero-order valence-electron chi connectivity index (χ0n) is 14.6. The molecule has 2 rings (SSSR count). The van der Waals surface area contributed by atoms with Gasteiger partial charge in [-0.3, -0.25) is 9.59 Å². The number of hydrogen-bond donors (Lipinski definition) is 3. The number of amides is 1. The summed E-state index contributed by atoms with van der Waals surface area (Å²) in [4.78, 5) is 32.8. The summed E-state index contributed by atoms with van der Waals surface area (Å²) in [5, 5.41) is 0.935. The standard InChI is InChI=1S/C17H21N5O3/c1-9(18)5-14(19)20-15-7-10-6-13(25-4)12(17(24)22(2)3)8-11(10)16(23)21-15/h5-8H,18H2,1-4H3,(H3,19,20,21,23). The van der Waals surface area contributed by atoms with Gasteiger partial charge in [0.05, 0.1) is 12.7 Å². The number of carbonyl (C=O) groups excluding carboxylic acids is 1. The van der Waals surface area contributed by atoms with Gasteiger partial charge < -0.3 is 26.1 Å². The lowest BCUT2D eigenvalue weighted by atomic mass is 10.1. The number of amidine groups is 1. The van der Waals surface area contributed by atoms with Crippen molar-refractivity contribution in [2.75, 3.05) is 21.2 Å². The number of aromatic amines is 1. The Kier molecular flexibility index (Phi) is 5.11. The fourth-order valence-corrected chi connectivity index (χ4v) is 2.32. The molecule has 0 atom stereocenters. The van der Waals surface area contributed by atoms with Gasteiger partial charge in [-0.1, -0.05) is 0 Å². The Hall–Kier alpha value is -3.29. The summed E-state index contributed by atoms with van der Waals surface area (Å²) in [6.45, 7) is 1.68. The Morgan fingerprint density at radius 2 is 1.96 bits per heavy atom. The average molecular weight is 343 g/mol. The van der Waals surface area contributed by atoms with E-state index in [0.29, 0.717) is 27.8 Å². The number of aliphatic imine (C=N–C) groups is 1. The number of nitrogens with zero attached hydrogens (tertiary/aromatic N) is 2. The summed E-state index contributed by atoms with van der Waals surface area (Å²) in [6.07, 6.45) is 1.49. The molecule has 0 fully saturated rings. The number of rotatable bonds is 4. The van der Waals surface area contributed by atoms with Crippen LogP contribution in [0, 0.1) is 0 Å². The van der Waals surface area contributed by atoms with Crippen LogP contribution >= 0.6 is 0 Å². The van der Waals surface area contributed by atoms with E-state index < -0.39 is 0 Å². The van der Waals surface area contributed by atoms with Crippen LogP contribution in [0.5, 0.6) is 5.75 Å². The second kappa shape index (κ2) is 7.08. The third kappa shape index (κ3) is 3.97. The molecule has 25 heavy (non-hydrogen) atoms. The Morgan fingerprint density at radius 3 is 2.52 bits per heavy atom. The highest BCUT2D eigenvalue weighted by molar-refractivity contribution is 6.01. The lowest BCUT2D eigenvalue weighted by Crippen LogP contribution is -2.22.